The Labute approximate surface area is 185 Å². The van der Waals surface area contributed by atoms with E-state index in [0.717, 1.165) is 11.3 Å². The first kappa shape index (κ1) is 21.1. The van der Waals surface area contributed by atoms with E-state index >= 15 is 0 Å². The summed E-state index contributed by atoms with van der Waals surface area (Å²) >= 11 is 7.44. The molecule has 0 fully saturated rings. The molecule has 0 radical (unpaired) electrons. The highest BCUT2D eigenvalue weighted by molar-refractivity contribution is 7.98. The number of hydrogen-bond acceptors (Lipinski definition) is 5. The zero-order valence-electron chi connectivity index (χ0n) is 16.4. The molecule has 0 unspecified atom stereocenters. The number of H-pyrrole nitrogens is 2. The number of nitrogens with one attached hydrogen (secondary N) is 2. The van der Waals surface area contributed by atoms with E-state index < -0.39 is 11.2 Å². The minimum Gasteiger partial charge on any atom is -0.311 e. The third-order valence-corrected chi connectivity index (χ3v) is 5.84. The van der Waals surface area contributed by atoms with Gasteiger partial charge in [-0.2, -0.15) is 0 Å². The van der Waals surface area contributed by atoms with Gasteiger partial charge in [0, 0.05) is 40.2 Å². The third kappa shape index (κ3) is 4.78. The van der Waals surface area contributed by atoms with Crippen LogP contribution < -0.4 is 11.2 Å². The first-order valence-electron chi connectivity index (χ1n) is 9.30. The van der Waals surface area contributed by atoms with Crippen LogP contribution in [0.2, 0.25) is 5.02 Å². The van der Waals surface area contributed by atoms with Gasteiger partial charge >= 0.3 is 5.69 Å². The van der Waals surface area contributed by atoms with Gasteiger partial charge in [0.05, 0.1) is 0 Å². The Morgan fingerprint density at radius 1 is 1.10 bits per heavy atom. The van der Waals surface area contributed by atoms with Crippen molar-refractivity contribution >= 4 is 23.4 Å². The summed E-state index contributed by atoms with van der Waals surface area (Å²) in [7, 11) is 0. The van der Waals surface area contributed by atoms with Crippen molar-refractivity contribution in [3.8, 4) is 5.69 Å². The van der Waals surface area contributed by atoms with E-state index in [-0.39, 0.29) is 18.0 Å². The molecule has 0 saturated heterocycles. The lowest BCUT2D eigenvalue weighted by Crippen LogP contribution is -2.23. The van der Waals surface area contributed by atoms with E-state index in [9.17, 15) is 14.0 Å². The van der Waals surface area contributed by atoms with Gasteiger partial charge in [-0.1, -0.05) is 41.6 Å². The van der Waals surface area contributed by atoms with Crippen LogP contribution in [0, 0.1) is 12.7 Å². The summed E-state index contributed by atoms with van der Waals surface area (Å²) in [5.41, 5.74) is 1.55. The molecule has 0 aliphatic heterocycles. The predicted octanol–water partition coefficient (Wildman–Crippen LogP) is 3.63. The van der Waals surface area contributed by atoms with Crippen LogP contribution >= 0.6 is 23.4 Å². The molecule has 7 nitrogen and oxygen atoms in total. The Balaban J connectivity index is 1.73. The van der Waals surface area contributed by atoms with Crippen molar-refractivity contribution in [2.75, 3.05) is 0 Å². The quantitative estimate of drug-likeness (QED) is 0.431. The number of thioether (sulfide) groups is 1. The Morgan fingerprint density at radius 2 is 1.90 bits per heavy atom. The molecule has 158 valence electrons. The summed E-state index contributed by atoms with van der Waals surface area (Å²) in [6.07, 6.45) is 0.182. The van der Waals surface area contributed by atoms with Gasteiger partial charge in [-0.05, 0) is 36.8 Å². The highest BCUT2D eigenvalue weighted by Crippen LogP contribution is 2.30. The number of hydrogen-bond donors (Lipinski definition) is 2. The zero-order valence-corrected chi connectivity index (χ0v) is 17.9. The Kier molecular flexibility index (Phi) is 6.06. The molecule has 0 atom stereocenters. The molecule has 2 heterocycles. The molecule has 0 aliphatic carbocycles. The second-order valence-electron chi connectivity index (χ2n) is 6.85. The Bertz CT molecular complexity index is 1320. The number of aryl methyl sites for hydroxylation is 1. The first-order valence-corrected chi connectivity index (χ1v) is 10.7. The van der Waals surface area contributed by atoms with Gasteiger partial charge in [0.15, 0.2) is 5.16 Å². The van der Waals surface area contributed by atoms with Crippen molar-refractivity contribution in [3.05, 3.63) is 103 Å². The normalized spacial score (nSPS) is 11.1. The molecule has 0 spiro atoms. The Morgan fingerprint density at radius 3 is 2.65 bits per heavy atom. The molecule has 31 heavy (non-hydrogen) atoms. The minimum absolute atomic E-state index is 0.182. The summed E-state index contributed by atoms with van der Waals surface area (Å²) in [6, 6.07) is 13.6. The van der Waals surface area contributed by atoms with Crippen molar-refractivity contribution in [3.63, 3.8) is 0 Å². The lowest BCUT2D eigenvalue weighted by molar-refractivity contribution is 0.617. The molecule has 10 heteroatoms. The fourth-order valence-corrected chi connectivity index (χ4v) is 4.44. The van der Waals surface area contributed by atoms with Crippen LogP contribution in [-0.2, 0) is 12.2 Å². The number of aromatic amines is 2. The highest BCUT2D eigenvalue weighted by atomic mass is 35.5. The molecule has 4 aromatic rings. The lowest BCUT2D eigenvalue weighted by Gasteiger charge is -2.11. The molecular formula is C21H17ClFN5O2S. The average Bonchev–Trinajstić information content (AvgIpc) is 3.09. The summed E-state index contributed by atoms with van der Waals surface area (Å²) in [5.74, 6) is 0.397. The standard InChI is InChI=1S/C21H17ClFN5O2S/c1-12-4-2-5-14(8-12)28-18(9-13-10-19(29)25-20(30)24-13)26-27-21(28)31-11-15-16(22)6-3-7-17(15)23/h2-8,10H,9,11H2,1H3,(H2,24,25,29,30). The maximum Gasteiger partial charge on any atom is 0.325 e. The highest BCUT2D eigenvalue weighted by Gasteiger charge is 2.17. The molecule has 0 aliphatic rings. The van der Waals surface area contributed by atoms with Crippen molar-refractivity contribution in [2.24, 2.45) is 0 Å². The fraction of sp³-hybridized carbons (Fsp3) is 0.143. The van der Waals surface area contributed by atoms with Crippen molar-refractivity contribution in [1.29, 1.82) is 0 Å². The SMILES string of the molecule is Cc1cccc(-n2c(Cc3cc(=O)[nH]c(=O)[nH]3)nnc2SCc2c(F)cccc2Cl)c1. The first-order chi connectivity index (χ1) is 14.9. The maximum absolute atomic E-state index is 14.2. The number of nitrogens with zero attached hydrogens (tertiary/aromatic N) is 3. The number of aromatic nitrogens is 5. The van der Waals surface area contributed by atoms with Crippen LogP contribution in [0.15, 0.2) is 63.3 Å². The topological polar surface area (TPSA) is 96.4 Å². The van der Waals surface area contributed by atoms with Crippen molar-refractivity contribution in [1.82, 2.24) is 24.7 Å². The Hall–Kier alpha value is -3.17. The zero-order chi connectivity index (χ0) is 22.0. The smallest absolute Gasteiger partial charge is 0.311 e. The van der Waals surface area contributed by atoms with Crippen molar-refractivity contribution < 1.29 is 4.39 Å². The van der Waals surface area contributed by atoms with Crippen LogP contribution in [0.5, 0.6) is 0 Å². The summed E-state index contributed by atoms with van der Waals surface area (Å²) in [5, 5.41) is 9.41. The van der Waals surface area contributed by atoms with Crippen LogP contribution in [0.25, 0.3) is 5.69 Å². The van der Waals surface area contributed by atoms with Gasteiger partial charge in [0.25, 0.3) is 5.56 Å². The summed E-state index contributed by atoms with van der Waals surface area (Å²) in [6.45, 7) is 1.97. The van der Waals surface area contributed by atoms with E-state index in [1.54, 1.807) is 12.1 Å². The third-order valence-electron chi connectivity index (χ3n) is 4.53. The summed E-state index contributed by atoms with van der Waals surface area (Å²) in [4.78, 5) is 28.0. The van der Waals surface area contributed by atoms with E-state index in [2.05, 4.69) is 20.2 Å². The molecule has 0 saturated carbocycles. The van der Waals surface area contributed by atoms with Gasteiger partial charge < -0.3 is 4.98 Å². The second kappa shape index (κ2) is 8.91. The summed E-state index contributed by atoms with van der Waals surface area (Å²) < 4.78 is 16.0. The minimum atomic E-state index is -0.590. The largest absolute Gasteiger partial charge is 0.325 e. The monoisotopic (exact) mass is 457 g/mol. The van der Waals surface area contributed by atoms with E-state index in [1.807, 2.05) is 35.8 Å². The van der Waals surface area contributed by atoms with Crippen LogP contribution in [-0.4, -0.2) is 24.7 Å². The number of halogens is 2. The molecule has 0 amide bonds. The molecular weight excluding hydrogens is 441 g/mol. The molecule has 2 N–H and O–H groups in total. The average molecular weight is 458 g/mol. The van der Waals surface area contributed by atoms with Crippen LogP contribution in [0.3, 0.4) is 0 Å². The van der Waals surface area contributed by atoms with Gasteiger partial charge in [0.1, 0.15) is 11.6 Å². The van der Waals surface area contributed by atoms with E-state index in [0.29, 0.717) is 27.3 Å². The second-order valence-corrected chi connectivity index (χ2v) is 8.20. The fourth-order valence-electron chi connectivity index (χ4n) is 3.13. The van der Waals surface area contributed by atoms with E-state index in [4.69, 9.17) is 11.6 Å². The maximum atomic E-state index is 14.2. The lowest BCUT2D eigenvalue weighted by atomic mass is 10.2. The number of rotatable bonds is 6. The van der Waals surface area contributed by atoms with E-state index in [1.165, 1.54) is 23.9 Å². The van der Waals surface area contributed by atoms with Gasteiger partial charge in [-0.25, -0.2) is 9.18 Å². The molecule has 4 rings (SSSR count). The van der Waals surface area contributed by atoms with Gasteiger partial charge in [-0.3, -0.25) is 14.3 Å². The van der Waals surface area contributed by atoms with Crippen LogP contribution in [0.4, 0.5) is 4.39 Å². The molecule has 2 aromatic heterocycles. The van der Waals surface area contributed by atoms with Gasteiger partial charge in [-0.15, -0.1) is 10.2 Å². The molecule has 0 bridgehead atoms. The predicted molar refractivity (Wildman–Crippen MR) is 118 cm³/mol. The number of benzene rings is 2. The molecule has 2 aromatic carbocycles. The van der Waals surface area contributed by atoms with Crippen molar-refractivity contribution in [2.45, 2.75) is 24.3 Å². The van der Waals surface area contributed by atoms with Crippen LogP contribution in [0.1, 0.15) is 22.6 Å². The van der Waals surface area contributed by atoms with Gasteiger partial charge in [0.2, 0.25) is 0 Å².